The maximum atomic E-state index is 13.0. The molecular weight excluding hydrogens is 443 g/mol. The topological polar surface area (TPSA) is 105 Å². The van der Waals surface area contributed by atoms with Gasteiger partial charge in [-0.1, -0.05) is 66.9 Å². The minimum absolute atomic E-state index is 0.142. The predicted molar refractivity (Wildman–Crippen MR) is 117 cm³/mol. The van der Waals surface area contributed by atoms with Crippen molar-refractivity contribution in [1.29, 1.82) is 5.26 Å². The van der Waals surface area contributed by atoms with Gasteiger partial charge in [-0.15, -0.1) is 0 Å². The third-order valence-electron chi connectivity index (χ3n) is 4.15. The Bertz CT molecular complexity index is 841. The SMILES string of the molecule is Cc1ccc(CC(C#N)(NC(=O)C(OC(=O)C(Cl)Cl)C(C)C)C(=O)OC(C)(C)C)cc1. The molecule has 0 saturated heterocycles. The summed E-state index contributed by atoms with van der Waals surface area (Å²) >= 11 is 11.0. The van der Waals surface area contributed by atoms with Gasteiger partial charge in [-0.3, -0.25) is 4.79 Å². The average molecular weight is 471 g/mol. The van der Waals surface area contributed by atoms with Crippen LogP contribution in [0, 0.1) is 24.2 Å². The lowest BCUT2D eigenvalue weighted by Crippen LogP contribution is -2.60. The molecule has 1 aromatic rings. The molecule has 0 spiro atoms. The van der Waals surface area contributed by atoms with Crippen LogP contribution in [0.3, 0.4) is 0 Å². The van der Waals surface area contributed by atoms with Gasteiger partial charge in [0.1, 0.15) is 11.7 Å². The summed E-state index contributed by atoms with van der Waals surface area (Å²) in [5.74, 6) is -3.24. The lowest BCUT2D eigenvalue weighted by molar-refractivity contribution is -0.164. The molecule has 1 aromatic carbocycles. The highest BCUT2D eigenvalue weighted by Gasteiger charge is 2.46. The molecule has 0 aromatic heterocycles. The maximum Gasteiger partial charge on any atom is 0.347 e. The van der Waals surface area contributed by atoms with Gasteiger partial charge in [0.2, 0.25) is 10.4 Å². The molecule has 0 fully saturated rings. The van der Waals surface area contributed by atoms with Crippen molar-refractivity contribution in [1.82, 2.24) is 5.32 Å². The molecule has 2 atom stereocenters. The highest BCUT2D eigenvalue weighted by Crippen LogP contribution is 2.22. The first-order valence-corrected chi connectivity index (χ1v) is 10.6. The van der Waals surface area contributed by atoms with Gasteiger partial charge in [-0.2, -0.15) is 5.26 Å². The van der Waals surface area contributed by atoms with Crippen molar-refractivity contribution >= 4 is 41.0 Å². The van der Waals surface area contributed by atoms with Gasteiger partial charge in [0.05, 0.1) is 0 Å². The number of amides is 1. The molecule has 1 amide bonds. The predicted octanol–water partition coefficient (Wildman–Crippen LogP) is 3.63. The van der Waals surface area contributed by atoms with Crippen LogP contribution in [0.15, 0.2) is 24.3 Å². The maximum absolute atomic E-state index is 13.0. The number of esters is 2. The van der Waals surface area contributed by atoms with Crippen LogP contribution in [0.25, 0.3) is 0 Å². The van der Waals surface area contributed by atoms with Crippen molar-refractivity contribution in [3.8, 4) is 6.07 Å². The van der Waals surface area contributed by atoms with Crippen LogP contribution < -0.4 is 5.32 Å². The van der Waals surface area contributed by atoms with E-state index in [-0.39, 0.29) is 6.42 Å². The number of ether oxygens (including phenoxy) is 2. The number of hydrogen-bond acceptors (Lipinski definition) is 6. The van der Waals surface area contributed by atoms with E-state index in [9.17, 15) is 19.6 Å². The monoisotopic (exact) mass is 470 g/mol. The average Bonchev–Trinajstić information content (AvgIpc) is 2.65. The summed E-state index contributed by atoms with van der Waals surface area (Å²) in [5, 5.41) is 12.4. The number of rotatable bonds is 8. The molecule has 0 heterocycles. The summed E-state index contributed by atoms with van der Waals surface area (Å²) in [6.07, 6.45) is -1.46. The molecule has 0 bridgehead atoms. The molecule has 0 saturated carbocycles. The van der Waals surface area contributed by atoms with E-state index in [1.165, 1.54) is 0 Å². The van der Waals surface area contributed by atoms with E-state index in [1.54, 1.807) is 46.8 Å². The first-order valence-electron chi connectivity index (χ1n) is 9.71. The summed E-state index contributed by atoms with van der Waals surface area (Å²) in [7, 11) is 0. The Morgan fingerprint density at radius 1 is 1.13 bits per heavy atom. The van der Waals surface area contributed by atoms with Gasteiger partial charge in [0.25, 0.3) is 5.91 Å². The molecule has 0 aliphatic carbocycles. The number of alkyl halides is 2. The molecule has 1 rings (SSSR count). The van der Waals surface area contributed by atoms with E-state index in [4.69, 9.17) is 32.7 Å². The summed E-state index contributed by atoms with van der Waals surface area (Å²) in [6.45, 7) is 10.1. The Kier molecular flexibility index (Phi) is 9.34. The van der Waals surface area contributed by atoms with Crippen molar-refractivity contribution in [3.05, 3.63) is 35.4 Å². The summed E-state index contributed by atoms with van der Waals surface area (Å²) in [6, 6.07) is 9.06. The van der Waals surface area contributed by atoms with Crippen molar-refractivity contribution in [2.24, 2.45) is 5.92 Å². The Labute approximate surface area is 193 Å². The fourth-order valence-electron chi connectivity index (χ4n) is 2.61. The van der Waals surface area contributed by atoms with E-state index in [1.807, 2.05) is 25.1 Å². The minimum Gasteiger partial charge on any atom is -0.457 e. The third-order valence-corrected chi connectivity index (χ3v) is 4.51. The molecule has 170 valence electrons. The Morgan fingerprint density at radius 2 is 1.68 bits per heavy atom. The van der Waals surface area contributed by atoms with Crippen LogP contribution in [-0.2, 0) is 30.3 Å². The van der Waals surface area contributed by atoms with E-state index >= 15 is 0 Å². The number of nitrogens with zero attached hydrogens (tertiary/aromatic N) is 1. The molecule has 31 heavy (non-hydrogen) atoms. The van der Waals surface area contributed by atoms with Crippen molar-refractivity contribution < 1.29 is 23.9 Å². The zero-order valence-electron chi connectivity index (χ0n) is 18.5. The summed E-state index contributed by atoms with van der Waals surface area (Å²) in [4.78, 5) is 36.4. The Balaban J connectivity index is 3.32. The second kappa shape index (κ2) is 10.8. The van der Waals surface area contributed by atoms with Crippen LogP contribution in [0.4, 0.5) is 0 Å². The first-order chi connectivity index (χ1) is 14.2. The summed E-state index contributed by atoms with van der Waals surface area (Å²) in [5.41, 5.74) is -1.31. The molecule has 1 N–H and O–H groups in total. The summed E-state index contributed by atoms with van der Waals surface area (Å²) < 4.78 is 10.5. The quantitative estimate of drug-likeness (QED) is 0.459. The van der Waals surface area contributed by atoms with E-state index in [0.717, 1.165) is 5.56 Å². The van der Waals surface area contributed by atoms with Crippen molar-refractivity contribution in [2.45, 2.75) is 70.0 Å². The normalized spacial score (nSPS) is 14.4. The van der Waals surface area contributed by atoms with Gasteiger partial charge in [-0.25, -0.2) is 9.59 Å². The minimum atomic E-state index is -2.04. The number of nitriles is 1. The molecule has 7 nitrogen and oxygen atoms in total. The zero-order valence-corrected chi connectivity index (χ0v) is 20.0. The number of carbonyl (C=O) groups is 3. The molecule has 2 unspecified atom stereocenters. The van der Waals surface area contributed by atoms with Gasteiger partial charge in [0.15, 0.2) is 6.10 Å². The number of carbonyl (C=O) groups excluding carboxylic acids is 3. The second-order valence-corrected chi connectivity index (χ2v) is 9.67. The Hall–Kier alpha value is -2.30. The largest absolute Gasteiger partial charge is 0.457 e. The second-order valence-electron chi connectivity index (χ2n) is 8.57. The smallest absolute Gasteiger partial charge is 0.347 e. The van der Waals surface area contributed by atoms with Crippen LogP contribution in [0.2, 0.25) is 0 Å². The number of benzene rings is 1. The number of halogens is 2. The highest BCUT2D eigenvalue weighted by atomic mass is 35.5. The lowest BCUT2D eigenvalue weighted by atomic mass is 9.90. The first kappa shape index (κ1) is 26.7. The van der Waals surface area contributed by atoms with Crippen LogP contribution in [0.1, 0.15) is 45.7 Å². The third kappa shape index (κ3) is 8.04. The van der Waals surface area contributed by atoms with Gasteiger partial charge in [-0.05, 0) is 39.2 Å². The van der Waals surface area contributed by atoms with Crippen molar-refractivity contribution in [3.63, 3.8) is 0 Å². The van der Waals surface area contributed by atoms with E-state index < -0.39 is 45.8 Å². The van der Waals surface area contributed by atoms with Crippen LogP contribution in [-0.4, -0.2) is 39.9 Å². The molecule has 0 aliphatic heterocycles. The number of aryl methyl sites for hydroxylation is 1. The molecular formula is C22H28Cl2N2O5. The van der Waals surface area contributed by atoms with Gasteiger partial charge >= 0.3 is 11.9 Å². The van der Waals surface area contributed by atoms with E-state index in [2.05, 4.69) is 5.32 Å². The molecule has 0 aliphatic rings. The molecule has 0 radical (unpaired) electrons. The van der Waals surface area contributed by atoms with Crippen LogP contribution in [0.5, 0.6) is 0 Å². The van der Waals surface area contributed by atoms with Gasteiger partial charge in [0, 0.05) is 6.42 Å². The van der Waals surface area contributed by atoms with Gasteiger partial charge < -0.3 is 14.8 Å². The number of hydrogen-bond donors (Lipinski definition) is 1. The lowest BCUT2D eigenvalue weighted by Gasteiger charge is -2.32. The molecule has 9 heteroatoms. The highest BCUT2D eigenvalue weighted by molar-refractivity contribution is 6.52. The van der Waals surface area contributed by atoms with E-state index in [0.29, 0.717) is 5.56 Å². The number of nitrogens with one attached hydrogen (secondary N) is 1. The fraction of sp³-hybridized carbons (Fsp3) is 0.545. The Morgan fingerprint density at radius 3 is 2.10 bits per heavy atom. The standard InChI is InChI=1S/C22H28Cl2N2O5/c1-13(2)16(30-19(28)17(23)24)18(27)26-22(12-25,20(29)31-21(4,5)6)11-15-9-7-14(3)8-10-15/h7-10,13,16-17H,11H2,1-6H3,(H,26,27). The van der Waals surface area contributed by atoms with Crippen molar-refractivity contribution in [2.75, 3.05) is 0 Å². The zero-order chi connectivity index (χ0) is 24.0. The fourth-order valence-corrected chi connectivity index (χ4v) is 2.71. The van der Waals surface area contributed by atoms with Crippen LogP contribution >= 0.6 is 23.2 Å².